The van der Waals surface area contributed by atoms with Gasteiger partial charge in [0.25, 0.3) is 0 Å². The third-order valence-corrected chi connectivity index (χ3v) is 3.97. The van der Waals surface area contributed by atoms with Gasteiger partial charge in [-0.15, -0.1) is 0 Å². The third-order valence-electron chi connectivity index (χ3n) is 3.97. The Balaban J connectivity index is 1.92. The van der Waals surface area contributed by atoms with Crippen LogP contribution in [0.1, 0.15) is 55.1 Å². The Bertz CT molecular complexity index is 430. The Kier molecular flexibility index (Phi) is 4.85. The van der Waals surface area contributed by atoms with Crippen molar-refractivity contribution in [1.82, 2.24) is 15.3 Å². The molecule has 1 saturated carbocycles. The van der Waals surface area contributed by atoms with Crippen molar-refractivity contribution in [2.24, 2.45) is 5.92 Å². The average Bonchev–Trinajstić information content (AvgIpc) is 2.46. The first kappa shape index (κ1) is 13.9. The molecule has 1 heterocycles. The van der Waals surface area contributed by atoms with Crippen molar-refractivity contribution in [3.05, 3.63) is 23.8 Å². The van der Waals surface area contributed by atoms with Crippen LogP contribution in [0.15, 0.2) is 12.5 Å². The van der Waals surface area contributed by atoms with E-state index in [-0.39, 0.29) is 5.56 Å². The van der Waals surface area contributed by atoms with Gasteiger partial charge in [-0.25, -0.2) is 14.8 Å². The van der Waals surface area contributed by atoms with Crippen molar-refractivity contribution in [2.75, 3.05) is 0 Å². The van der Waals surface area contributed by atoms with Gasteiger partial charge < -0.3 is 10.4 Å². The van der Waals surface area contributed by atoms with Crippen LogP contribution >= 0.6 is 0 Å². The molecule has 1 atom stereocenters. The molecule has 1 fully saturated rings. The maximum absolute atomic E-state index is 11.1. The summed E-state index contributed by atoms with van der Waals surface area (Å²) in [7, 11) is 0. The average molecular weight is 263 g/mol. The van der Waals surface area contributed by atoms with Gasteiger partial charge >= 0.3 is 5.97 Å². The van der Waals surface area contributed by atoms with E-state index in [2.05, 4.69) is 22.2 Å². The molecular weight excluding hydrogens is 242 g/mol. The lowest BCUT2D eigenvalue weighted by Crippen LogP contribution is -2.34. The van der Waals surface area contributed by atoms with Crippen LogP contribution in [0.2, 0.25) is 0 Å². The fraction of sp³-hybridized carbons (Fsp3) is 0.643. The Hall–Kier alpha value is -1.49. The molecule has 2 rings (SSSR count). The van der Waals surface area contributed by atoms with Crippen LogP contribution in [0.4, 0.5) is 0 Å². The predicted octanol–water partition coefficient (Wildman–Crippen LogP) is 2.23. The van der Waals surface area contributed by atoms with Crippen LogP contribution in [-0.4, -0.2) is 27.1 Å². The summed E-state index contributed by atoms with van der Waals surface area (Å²) < 4.78 is 0. The minimum atomic E-state index is -0.970. The van der Waals surface area contributed by atoms with E-state index in [1.54, 1.807) is 0 Å². The number of nitrogens with one attached hydrogen (secondary N) is 1. The van der Waals surface area contributed by atoms with Gasteiger partial charge in [-0.1, -0.05) is 19.3 Å². The molecule has 104 valence electrons. The van der Waals surface area contributed by atoms with Crippen LogP contribution in [0, 0.1) is 5.92 Å². The molecule has 19 heavy (non-hydrogen) atoms. The second-order valence-corrected chi connectivity index (χ2v) is 5.26. The van der Waals surface area contributed by atoms with Gasteiger partial charge in [-0.3, -0.25) is 0 Å². The highest BCUT2D eigenvalue weighted by atomic mass is 16.4. The van der Waals surface area contributed by atoms with Crippen LogP contribution in [-0.2, 0) is 6.54 Å². The maximum Gasteiger partial charge on any atom is 0.339 e. The van der Waals surface area contributed by atoms with Gasteiger partial charge in [0, 0.05) is 18.8 Å². The predicted molar refractivity (Wildman–Crippen MR) is 71.9 cm³/mol. The molecule has 0 bridgehead atoms. The minimum absolute atomic E-state index is 0.186. The molecular formula is C14H21N3O2. The van der Waals surface area contributed by atoms with E-state index >= 15 is 0 Å². The first-order valence-electron chi connectivity index (χ1n) is 6.94. The number of hydrogen-bond acceptors (Lipinski definition) is 4. The Morgan fingerprint density at radius 3 is 2.89 bits per heavy atom. The summed E-state index contributed by atoms with van der Waals surface area (Å²) in [5, 5.41) is 12.5. The number of carboxylic acid groups (broad SMARTS) is 1. The highest BCUT2D eigenvalue weighted by Gasteiger charge is 2.20. The van der Waals surface area contributed by atoms with Gasteiger partial charge in [0.2, 0.25) is 0 Å². The molecule has 0 amide bonds. The van der Waals surface area contributed by atoms with E-state index in [0.717, 1.165) is 0 Å². The molecule has 0 aromatic carbocycles. The molecule has 0 radical (unpaired) electrons. The van der Waals surface area contributed by atoms with E-state index in [4.69, 9.17) is 5.11 Å². The van der Waals surface area contributed by atoms with Gasteiger partial charge in [0.05, 0.1) is 5.69 Å². The van der Waals surface area contributed by atoms with Gasteiger partial charge in [0.15, 0.2) is 0 Å². The Labute approximate surface area is 113 Å². The zero-order valence-electron chi connectivity index (χ0n) is 11.3. The molecule has 1 aliphatic carbocycles. The van der Waals surface area contributed by atoms with Crippen LogP contribution < -0.4 is 5.32 Å². The third kappa shape index (κ3) is 3.73. The summed E-state index contributed by atoms with van der Waals surface area (Å²) in [4.78, 5) is 18.9. The van der Waals surface area contributed by atoms with Crippen molar-refractivity contribution in [2.45, 2.75) is 51.6 Å². The minimum Gasteiger partial charge on any atom is -0.478 e. The number of carboxylic acids is 1. The lowest BCUT2D eigenvalue weighted by molar-refractivity contribution is 0.0694. The quantitative estimate of drug-likeness (QED) is 0.852. The Morgan fingerprint density at radius 2 is 2.21 bits per heavy atom. The molecule has 5 heteroatoms. The van der Waals surface area contributed by atoms with Gasteiger partial charge in [0.1, 0.15) is 11.9 Å². The van der Waals surface area contributed by atoms with E-state index in [1.165, 1.54) is 44.6 Å². The Morgan fingerprint density at radius 1 is 1.47 bits per heavy atom. The van der Waals surface area contributed by atoms with Crippen LogP contribution in [0.25, 0.3) is 0 Å². The summed E-state index contributed by atoms with van der Waals surface area (Å²) in [5.41, 5.74) is 0.746. The summed E-state index contributed by atoms with van der Waals surface area (Å²) in [6, 6.07) is 0.400. The van der Waals surface area contributed by atoms with Crippen molar-refractivity contribution in [3.8, 4) is 0 Å². The standard InChI is InChI=1S/C14H21N3O2/c1-10(11-5-3-2-4-6-11)16-8-13-12(14(18)19)7-15-9-17-13/h7,9-11,16H,2-6,8H2,1H3,(H,18,19)/t10-/m0/s1. The first-order valence-corrected chi connectivity index (χ1v) is 6.94. The highest BCUT2D eigenvalue weighted by Crippen LogP contribution is 2.26. The van der Waals surface area contributed by atoms with Crippen molar-refractivity contribution >= 4 is 5.97 Å². The normalized spacial score (nSPS) is 18.2. The van der Waals surface area contributed by atoms with Crippen LogP contribution in [0.3, 0.4) is 0 Å². The molecule has 2 N–H and O–H groups in total. The summed E-state index contributed by atoms with van der Waals surface area (Å²) >= 11 is 0. The number of hydrogen-bond donors (Lipinski definition) is 2. The van der Waals surface area contributed by atoms with E-state index in [0.29, 0.717) is 24.2 Å². The maximum atomic E-state index is 11.1. The number of nitrogens with zero attached hydrogens (tertiary/aromatic N) is 2. The number of rotatable bonds is 5. The summed E-state index contributed by atoms with van der Waals surface area (Å²) in [5.74, 6) is -0.272. The highest BCUT2D eigenvalue weighted by molar-refractivity contribution is 5.88. The topological polar surface area (TPSA) is 75.1 Å². The summed E-state index contributed by atoms with van der Waals surface area (Å²) in [6.07, 6.45) is 9.26. The zero-order chi connectivity index (χ0) is 13.7. The molecule has 0 aliphatic heterocycles. The summed E-state index contributed by atoms with van der Waals surface area (Å²) in [6.45, 7) is 2.67. The lowest BCUT2D eigenvalue weighted by atomic mass is 9.84. The fourth-order valence-electron chi connectivity index (χ4n) is 2.73. The number of carbonyl (C=O) groups is 1. The molecule has 1 aromatic heterocycles. The lowest BCUT2D eigenvalue weighted by Gasteiger charge is -2.28. The molecule has 5 nitrogen and oxygen atoms in total. The molecule has 1 aromatic rings. The second-order valence-electron chi connectivity index (χ2n) is 5.26. The molecule has 1 aliphatic rings. The van der Waals surface area contributed by atoms with Gasteiger partial charge in [-0.05, 0) is 25.7 Å². The van der Waals surface area contributed by atoms with Crippen molar-refractivity contribution in [1.29, 1.82) is 0 Å². The zero-order valence-corrected chi connectivity index (χ0v) is 11.3. The monoisotopic (exact) mass is 263 g/mol. The van der Waals surface area contributed by atoms with E-state index in [9.17, 15) is 4.79 Å². The molecule has 0 saturated heterocycles. The first-order chi connectivity index (χ1) is 9.18. The molecule has 0 spiro atoms. The second kappa shape index (κ2) is 6.61. The van der Waals surface area contributed by atoms with E-state index in [1.807, 2.05) is 0 Å². The van der Waals surface area contributed by atoms with Crippen molar-refractivity contribution < 1.29 is 9.90 Å². The number of aromatic nitrogens is 2. The van der Waals surface area contributed by atoms with Gasteiger partial charge in [-0.2, -0.15) is 0 Å². The SMILES string of the molecule is C[C@H](NCc1ncncc1C(=O)O)C1CCCCC1. The fourth-order valence-corrected chi connectivity index (χ4v) is 2.73. The molecule has 0 unspecified atom stereocenters. The van der Waals surface area contributed by atoms with E-state index < -0.39 is 5.97 Å². The van der Waals surface area contributed by atoms with Crippen LogP contribution in [0.5, 0.6) is 0 Å². The smallest absolute Gasteiger partial charge is 0.339 e. The number of aromatic carboxylic acids is 1. The largest absolute Gasteiger partial charge is 0.478 e. The van der Waals surface area contributed by atoms with Crippen molar-refractivity contribution in [3.63, 3.8) is 0 Å².